The second-order valence-corrected chi connectivity index (χ2v) is 13.9. The molecule has 0 saturated heterocycles. The first-order valence-electron chi connectivity index (χ1n) is 18.6. The van der Waals surface area contributed by atoms with Crippen LogP contribution in [0.25, 0.3) is 71.5 Å². The number of aliphatic imine (C=N–C) groups is 2. The molecule has 2 aromatic heterocycles. The van der Waals surface area contributed by atoms with Gasteiger partial charge in [0, 0.05) is 38.8 Å². The standard InChI is InChI=1S/C51H36N4/c1-34(36-18-6-3-7-19-36)52-51(38-20-8-4-9-21-38)53-35(2)37-30-32-40(33-31-37)54-46-29-17-16-28-45(46)49-50(54)47-43-26-14-12-24-41(43)42-25-13-15-27-44(42)48(47)55(49)39-22-10-5-11-23-39/h3-33H,1H2,2H3. The molecule has 4 heteroatoms. The second kappa shape index (κ2) is 13.3. The van der Waals surface area contributed by atoms with Crippen LogP contribution in [0.3, 0.4) is 0 Å². The maximum absolute atomic E-state index is 5.11. The minimum absolute atomic E-state index is 0.627. The van der Waals surface area contributed by atoms with E-state index in [1.54, 1.807) is 0 Å². The molecule has 0 radical (unpaired) electrons. The molecule has 8 aromatic carbocycles. The van der Waals surface area contributed by atoms with Gasteiger partial charge in [0.1, 0.15) is 0 Å². The lowest BCUT2D eigenvalue weighted by molar-refractivity contribution is 1.18. The predicted octanol–water partition coefficient (Wildman–Crippen LogP) is 13.0. The molecular formula is C51H36N4. The van der Waals surface area contributed by atoms with E-state index < -0.39 is 0 Å². The van der Waals surface area contributed by atoms with Gasteiger partial charge < -0.3 is 9.13 Å². The van der Waals surface area contributed by atoms with Gasteiger partial charge in [-0.15, -0.1) is 0 Å². The fraction of sp³-hybridized carbons (Fsp3) is 0.0196. The zero-order valence-electron chi connectivity index (χ0n) is 30.4. The molecule has 0 atom stereocenters. The van der Waals surface area contributed by atoms with Crippen LogP contribution in [0, 0.1) is 0 Å². The number of aromatic nitrogens is 2. The minimum atomic E-state index is 0.627. The normalized spacial score (nSPS) is 12.4. The summed E-state index contributed by atoms with van der Waals surface area (Å²) in [5, 5.41) is 7.43. The van der Waals surface area contributed by atoms with Crippen molar-refractivity contribution in [1.29, 1.82) is 0 Å². The number of fused-ring (bicyclic) bond motifs is 10. The Morgan fingerprint density at radius 3 is 1.58 bits per heavy atom. The molecule has 0 bridgehead atoms. The van der Waals surface area contributed by atoms with Gasteiger partial charge in [0.05, 0.1) is 27.8 Å². The van der Waals surface area contributed by atoms with Crippen molar-refractivity contribution in [3.8, 4) is 11.4 Å². The Morgan fingerprint density at radius 2 is 0.909 bits per heavy atom. The summed E-state index contributed by atoms with van der Waals surface area (Å²) < 4.78 is 4.93. The number of rotatable bonds is 6. The summed E-state index contributed by atoms with van der Waals surface area (Å²) >= 11 is 0. The molecule has 0 aliphatic rings. The summed E-state index contributed by atoms with van der Waals surface area (Å²) in [6.45, 7) is 6.33. The van der Waals surface area contributed by atoms with Crippen LogP contribution in [-0.4, -0.2) is 20.7 Å². The van der Waals surface area contributed by atoms with Crippen LogP contribution in [0.1, 0.15) is 23.6 Å². The van der Waals surface area contributed by atoms with E-state index >= 15 is 0 Å². The Kier molecular flexibility index (Phi) is 7.81. The number of benzene rings is 8. The Balaban J connectivity index is 1.20. The van der Waals surface area contributed by atoms with Gasteiger partial charge >= 0.3 is 0 Å². The third-order valence-corrected chi connectivity index (χ3v) is 10.6. The molecule has 0 N–H and O–H groups in total. The van der Waals surface area contributed by atoms with E-state index in [0.29, 0.717) is 11.5 Å². The highest BCUT2D eigenvalue weighted by molar-refractivity contribution is 6.34. The molecule has 0 fully saturated rings. The van der Waals surface area contributed by atoms with Crippen molar-refractivity contribution in [2.45, 2.75) is 6.92 Å². The van der Waals surface area contributed by atoms with E-state index in [4.69, 9.17) is 9.98 Å². The van der Waals surface area contributed by atoms with Crippen molar-refractivity contribution in [1.82, 2.24) is 9.13 Å². The lowest BCUT2D eigenvalue weighted by Crippen LogP contribution is -2.04. The third-order valence-electron chi connectivity index (χ3n) is 10.6. The lowest BCUT2D eigenvalue weighted by atomic mass is 9.97. The Morgan fingerprint density at radius 1 is 0.400 bits per heavy atom. The fourth-order valence-corrected chi connectivity index (χ4v) is 8.13. The Bertz CT molecular complexity index is 3130. The van der Waals surface area contributed by atoms with E-state index in [1.807, 2.05) is 67.6 Å². The third kappa shape index (κ3) is 5.38. The van der Waals surface area contributed by atoms with E-state index in [0.717, 1.165) is 39.3 Å². The molecule has 0 amide bonds. The van der Waals surface area contributed by atoms with Crippen molar-refractivity contribution in [3.63, 3.8) is 0 Å². The molecule has 260 valence electrons. The quantitative estimate of drug-likeness (QED) is 0.0938. The van der Waals surface area contributed by atoms with E-state index in [-0.39, 0.29) is 0 Å². The molecule has 0 saturated carbocycles. The highest BCUT2D eigenvalue weighted by Crippen LogP contribution is 2.46. The number of hydrogen-bond acceptors (Lipinski definition) is 1. The predicted molar refractivity (Wildman–Crippen MR) is 233 cm³/mol. The number of hydrogen-bond donors (Lipinski definition) is 0. The summed E-state index contributed by atoms with van der Waals surface area (Å²) in [6, 6.07) is 66.2. The largest absolute Gasteiger partial charge is 0.307 e. The van der Waals surface area contributed by atoms with Crippen LogP contribution in [0.15, 0.2) is 205 Å². The zero-order valence-corrected chi connectivity index (χ0v) is 30.4. The van der Waals surface area contributed by atoms with Gasteiger partial charge in [-0.2, -0.15) is 0 Å². The van der Waals surface area contributed by atoms with Crippen LogP contribution in [0.5, 0.6) is 0 Å². The number of nitrogens with zero attached hydrogens (tertiary/aromatic N) is 4. The molecule has 0 aliphatic carbocycles. The topological polar surface area (TPSA) is 34.6 Å². The molecule has 55 heavy (non-hydrogen) atoms. The molecule has 10 rings (SSSR count). The average Bonchev–Trinajstić information content (AvgIpc) is 3.78. The first-order chi connectivity index (χ1) is 27.2. The molecule has 2 heterocycles. The second-order valence-electron chi connectivity index (χ2n) is 13.9. The van der Waals surface area contributed by atoms with E-state index in [1.165, 1.54) is 48.9 Å². The maximum atomic E-state index is 5.11. The maximum Gasteiger partial charge on any atom is 0.160 e. The smallest absolute Gasteiger partial charge is 0.160 e. The molecular weight excluding hydrogens is 669 g/mol. The Hall–Kier alpha value is -7.30. The van der Waals surface area contributed by atoms with Crippen LogP contribution in [0.4, 0.5) is 0 Å². The highest BCUT2D eigenvalue weighted by Gasteiger charge is 2.25. The van der Waals surface area contributed by atoms with Crippen LogP contribution < -0.4 is 0 Å². The van der Waals surface area contributed by atoms with Gasteiger partial charge in [0.15, 0.2) is 5.84 Å². The van der Waals surface area contributed by atoms with Crippen LogP contribution in [-0.2, 0) is 0 Å². The SMILES string of the molecule is C=C(N=C(N=C(C)c1ccc(-n2c3ccccc3c3c2c2c4ccccc4c4ccccc4c2n3-c2ccccc2)cc1)c1ccccc1)c1ccccc1. The van der Waals surface area contributed by atoms with E-state index in [9.17, 15) is 0 Å². The summed E-state index contributed by atoms with van der Waals surface area (Å²) in [5.41, 5.74) is 11.5. The van der Waals surface area contributed by atoms with Crippen molar-refractivity contribution in [2.75, 3.05) is 0 Å². The first kappa shape index (κ1) is 32.4. The zero-order chi connectivity index (χ0) is 36.9. The van der Waals surface area contributed by atoms with Gasteiger partial charge in [0.2, 0.25) is 0 Å². The van der Waals surface area contributed by atoms with Crippen molar-refractivity contribution in [2.24, 2.45) is 9.98 Å². The summed E-state index contributed by atoms with van der Waals surface area (Å²) in [4.78, 5) is 10.1. The number of amidine groups is 1. The lowest BCUT2D eigenvalue weighted by Gasteiger charge is -2.13. The molecule has 0 aliphatic heterocycles. The highest BCUT2D eigenvalue weighted by atomic mass is 15.1. The van der Waals surface area contributed by atoms with Gasteiger partial charge in [-0.05, 0) is 64.5 Å². The summed E-state index contributed by atoms with van der Waals surface area (Å²) in [5.74, 6) is 0.627. The summed E-state index contributed by atoms with van der Waals surface area (Å²) in [6.07, 6.45) is 0. The Labute approximate surface area is 319 Å². The van der Waals surface area contributed by atoms with Gasteiger partial charge in [-0.25, -0.2) is 9.98 Å². The fourth-order valence-electron chi connectivity index (χ4n) is 8.13. The summed E-state index contributed by atoms with van der Waals surface area (Å²) in [7, 11) is 0. The monoisotopic (exact) mass is 704 g/mol. The van der Waals surface area contributed by atoms with Crippen LogP contribution in [0.2, 0.25) is 0 Å². The average molecular weight is 705 g/mol. The van der Waals surface area contributed by atoms with Gasteiger partial charge in [0.25, 0.3) is 0 Å². The van der Waals surface area contributed by atoms with E-state index in [2.05, 4.69) is 143 Å². The van der Waals surface area contributed by atoms with Gasteiger partial charge in [-0.3, -0.25) is 0 Å². The minimum Gasteiger partial charge on any atom is -0.307 e. The van der Waals surface area contributed by atoms with Crippen molar-refractivity contribution in [3.05, 3.63) is 211 Å². The molecule has 4 nitrogen and oxygen atoms in total. The first-order valence-corrected chi connectivity index (χ1v) is 18.6. The molecule has 10 aromatic rings. The molecule has 0 spiro atoms. The van der Waals surface area contributed by atoms with Crippen LogP contribution >= 0.6 is 0 Å². The van der Waals surface area contributed by atoms with Gasteiger partial charge in [-0.1, -0.05) is 164 Å². The number of para-hydroxylation sites is 2. The molecule has 0 unspecified atom stereocenters. The van der Waals surface area contributed by atoms with Crippen molar-refractivity contribution >= 4 is 71.6 Å². The van der Waals surface area contributed by atoms with Crippen molar-refractivity contribution < 1.29 is 0 Å².